The average Bonchev–Trinajstić information content (AvgIpc) is 2.84. The summed E-state index contributed by atoms with van der Waals surface area (Å²) in [5, 5.41) is 4.67. The van der Waals surface area contributed by atoms with E-state index in [0.717, 1.165) is 16.3 Å². The van der Waals surface area contributed by atoms with Gasteiger partial charge in [0.05, 0.1) is 4.91 Å². The second kappa shape index (κ2) is 6.22. The quantitative estimate of drug-likeness (QED) is 0.534. The Bertz CT molecular complexity index is 849. The van der Waals surface area contributed by atoms with Gasteiger partial charge in [0.25, 0.3) is 5.91 Å². The van der Waals surface area contributed by atoms with E-state index in [0.29, 0.717) is 15.0 Å². The van der Waals surface area contributed by atoms with E-state index in [1.165, 1.54) is 11.8 Å². The molecule has 1 N–H and O–H groups in total. The van der Waals surface area contributed by atoms with Gasteiger partial charge in [0.1, 0.15) is 16.7 Å². The van der Waals surface area contributed by atoms with Crippen molar-refractivity contribution in [3.63, 3.8) is 0 Å². The number of hydrogen-bond donors (Lipinski definition) is 1. The summed E-state index contributed by atoms with van der Waals surface area (Å²) >= 11 is 6.27. The van der Waals surface area contributed by atoms with Crippen molar-refractivity contribution in [2.45, 2.75) is 0 Å². The Hall–Kier alpha value is -2.29. The summed E-state index contributed by atoms with van der Waals surface area (Å²) in [5.41, 5.74) is 0.829. The van der Waals surface area contributed by atoms with E-state index in [9.17, 15) is 4.79 Å². The third kappa shape index (κ3) is 2.84. The average molecular weight is 325 g/mol. The Balaban J connectivity index is 2.16. The third-order valence-electron chi connectivity index (χ3n) is 3.16. The first kappa shape index (κ1) is 14.6. The van der Waals surface area contributed by atoms with Crippen LogP contribution in [-0.2, 0) is 4.79 Å². The number of hydrogen-bond acceptors (Lipinski definition) is 4. The van der Waals surface area contributed by atoms with Gasteiger partial charge in [-0.15, -0.1) is 6.42 Å². The topological polar surface area (TPSA) is 38.3 Å². The molecule has 0 radical (unpaired) electrons. The highest BCUT2D eigenvalue weighted by Gasteiger charge is 2.23. The van der Waals surface area contributed by atoms with Crippen molar-refractivity contribution in [2.24, 2.45) is 0 Å². The molecular formula is C17H11NO2S2. The SMILES string of the molecule is C#CCOc1ccc2ccccc2c1/C=C1\SC(=S)NC1=O. The van der Waals surface area contributed by atoms with E-state index in [2.05, 4.69) is 11.2 Å². The molecule has 3 nitrogen and oxygen atoms in total. The lowest BCUT2D eigenvalue weighted by atomic mass is 10.0. The summed E-state index contributed by atoms with van der Waals surface area (Å²) in [6.07, 6.45) is 7.07. The molecule has 2 aromatic rings. The minimum absolute atomic E-state index is 0.173. The van der Waals surface area contributed by atoms with E-state index < -0.39 is 0 Å². The van der Waals surface area contributed by atoms with Gasteiger partial charge >= 0.3 is 0 Å². The Labute approximate surface area is 137 Å². The maximum absolute atomic E-state index is 11.9. The summed E-state index contributed by atoms with van der Waals surface area (Å²) in [5.74, 6) is 2.91. The van der Waals surface area contributed by atoms with Crippen molar-refractivity contribution in [1.82, 2.24) is 5.32 Å². The lowest BCUT2D eigenvalue weighted by Crippen LogP contribution is -2.17. The normalized spacial score (nSPS) is 15.9. The number of ether oxygens (including phenoxy) is 1. The molecule has 0 aromatic heterocycles. The van der Waals surface area contributed by atoms with Crippen molar-refractivity contribution in [2.75, 3.05) is 6.61 Å². The fraction of sp³-hybridized carbons (Fsp3) is 0.0588. The molecule has 22 heavy (non-hydrogen) atoms. The van der Waals surface area contributed by atoms with Gasteiger partial charge in [-0.05, 0) is 22.9 Å². The van der Waals surface area contributed by atoms with E-state index in [4.69, 9.17) is 23.4 Å². The summed E-state index contributed by atoms with van der Waals surface area (Å²) in [7, 11) is 0. The van der Waals surface area contributed by atoms with Gasteiger partial charge in [0.2, 0.25) is 0 Å². The van der Waals surface area contributed by atoms with Gasteiger partial charge < -0.3 is 10.1 Å². The molecule has 0 saturated carbocycles. The molecule has 1 heterocycles. The molecule has 2 aromatic carbocycles. The van der Waals surface area contributed by atoms with Crippen LogP contribution in [0.2, 0.25) is 0 Å². The molecule has 0 bridgehead atoms. The maximum atomic E-state index is 11.9. The van der Waals surface area contributed by atoms with E-state index in [1.54, 1.807) is 6.08 Å². The molecule has 1 aliphatic heterocycles. The van der Waals surface area contributed by atoms with E-state index >= 15 is 0 Å². The van der Waals surface area contributed by atoms with Crippen molar-refractivity contribution >= 4 is 51.1 Å². The Morgan fingerprint density at radius 3 is 2.86 bits per heavy atom. The van der Waals surface area contributed by atoms with Crippen molar-refractivity contribution in [1.29, 1.82) is 0 Å². The Kier molecular flexibility index (Phi) is 4.14. The Morgan fingerprint density at radius 2 is 2.14 bits per heavy atom. The van der Waals surface area contributed by atoms with Gasteiger partial charge in [-0.3, -0.25) is 4.79 Å². The zero-order valence-electron chi connectivity index (χ0n) is 11.5. The molecule has 0 aliphatic carbocycles. The van der Waals surface area contributed by atoms with Crippen LogP contribution in [0.4, 0.5) is 0 Å². The number of thioether (sulfide) groups is 1. The summed E-state index contributed by atoms with van der Waals surface area (Å²) in [6.45, 7) is 0.173. The minimum atomic E-state index is -0.189. The zero-order chi connectivity index (χ0) is 15.5. The fourth-order valence-corrected chi connectivity index (χ4v) is 3.25. The molecule has 1 amide bonds. The van der Waals surface area contributed by atoms with Gasteiger partial charge in [0.15, 0.2) is 0 Å². The third-order valence-corrected chi connectivity index (χ3v) is 4.32. The predicted octanol–water partition coefficient (Wildman–Crippen LogP) is 3.34. The standard InChI is InChI=1S/C17H11NO2S2/c1-2-9-20-14-8-7-11-5-3-4-6-12(11)13(14)10-15-16(19)18-17(21)22-15/h1,3-8,10H,9H2,(H,18,19,21)/b15-10-. The molecule has 1 fully saturated rings. The fourth-order valence-electron chi connectivity index (χ4n) is 2.22. The highest BCUT2D eigenvalue weighted by atomic mass is 32.2. The van der Waals surface area contributed by atoms with Crippen molar-refractivity contribution in [3.05, 3.63) is 46.9 Å². The molecule has 1 aliphatic rings. The number of terminal acetylenes is 1. The van der Waals surface area contributed by atoms with Crippen LogP contribution in [0.15, 0.2) is 41.3 Å². The number of carbonyl (C=O) groups is 1. The summed E-state index contributed by atoms with van der Waals surface area (Å²) in [4.78, 5) is 12.4. The van der Waals surface area contributed by atoms with Gasteiger partial charge in [-0.2, -0.15) is 0 Å². The molecule has 5 heteroatoms. The largest absolute Gasteiger partial charge is 0.480 e. The highest BCUT2D eigenvalue weighted by Crippen LogP contribution is 2.34. The van der Waals surface area contributed by atoms with Crippen LogP contribution in [-0.4, -0.2) is 16.8 Å². The van der Waals surface area contributed by atoms with Crippen LogP contribution >= 0.6 is 24.0 Å². The van der Waals surface area contributed by atoms with Crippen LogP contribution in [0.25, 0.3) is 16.8 Å². The summed E-state index contributed by atoms with van der Waals surface area (Å²) in [6, 6.07) is 11.7. The maximum Gasteiger partial charge on any atom is 0.263 e. The van der Waals surface area contributed by atoms with E-state index in [-0.39, 0.29) is 12.5 Å². The second-order valence-corrected chi connectivity index (χ2v) is 6.26. The number of carbonyl (C=O) groups excluding carboxylic acids is 1. The van der Waals surface area contributed by atoms with Crippen LogP contribution in [0.3, 0.4) is 0 Å². The Morgan fingerprint density at radius 1 is 1.32 bits per heavy atom. The molecule has 3 rings (SSSR count). The zero-order valence-corrected chi connectivity index (χ0v) is 13.1. The highest BCUT2D eigenvalue weighted by molar-refractivity contribution is 8.26. The second-order valence-electron chi connectivity index (χ2n) is 4.54. The predicted molar refractivity (Wildman–Crippen MR) is 94.6 cm³/mol. The first-order valence-corrected chi connectivity index (χ1v) is 7.74. The van der Waals surface area contributed by atoms with Gasteiger partial charge in [-0.25, -0.2) is 0 Å². The van der Waals surface area contributed by atoms with Crippen molar-refractivity contribution in [3.8, 4) is 18.1 Å². The smallest absolute Gasteiger partial charge is 0.263 e. The number of fused-ring (bicyclic) bond motifs is 1. The van der Waals surface area contributed by atoms with Gasteiger partial charge in [-0.1, -0.05) is 60.2 Å². The van der Waals surface area contributed by atoms with Crippen LogP contribution in [0.1, 0.15) is 5.56 Å². The molecule has 0 unspecified atom stereocenters. The lowest BCUT2D eigenvalue weighted by Gasteiger charge is -2.10. The van der Waals surface area contributed by atoms with Gasteiger partial charge in [0, 0.05) is 5.56 Å². The number of thiocarbonyl (C=S) groups is 1. The number of rotatable bonds is 3. The number of nitrogens with one attached hydrogen (secondary N) is 1. The number of benzene rings is 2. The molecule has 0 atom stereocenters. The first-order valence-electron chi connectivity index (χ1n) is 6.52. The number of amides is 1. The summed E-state index contributed by atoms with van der Waals surface area (Å²) < 4.78 is 6.07. The first-order chi connectivity index (χ1) is 10.7. The molecular weight excluding hydrogens is 314 g/mol. The molecule has 0 spiro atoms. The monoisotopic (exact) mass is 325 g/mol. The van der Waals surface area contributed by atoms with E-state index in [1.807, 2.05) is 36.4 Å². The van der Waals surface area contributed by atoms with Crippen molar-refractivity contribution < 1.29 is 9.53 Å². The van der Waals surface area contributed by atoms with Crippen LogP contribution in [0.5, 0.6) is 5.75 Å². The van der Waals surface area contributed by atoms with Crippen LogP contribution < -0.4 is 10.1 Å². The minimum Gasteiger partial charge on any atom is -0.480 e. The molecule has 108 valence electrons. The molecule has 1 saturated heterocycles. The lowest BCUT2D eigenvalue weighted by molar-refractivity contribution is -0.115. The van der Waals surface area contributed by atoms with Crippen LogP contribution in [0, 0.1) is 12.3 Å².